The highest BCUT2D eigenvalue weighted by Gasteiger charge is 2.27. The van der Waals surface area contributed by atoms with Gasteiger partial charge in [-0.3, -0.25) is 4.79 Å². The van der Waals surface area contributed by atoms with Crippen LogP contribution in [0.1, 0.15) is 29.0 Å². The number of fused-ring (bicyclic) bond motifs is 1. The van der Waals surface area contributed by atoms with E-state index in [1.807, 2.05) is 31.0 Å². The Morgan fingerprint density at radius 3 is 2.95 bits per heavy atom. The first-order valence-corrected chi connectivity index (χ1v) is 7.63. The van der Waals surface area contributed by atoms with Crippen molar-refractivity contribution in [1.29, 1.82) is 0 Å². The van der Waals surface area contributed by atoms with Crippen LogP contribution in [0.5, 0.6) is 0 Å². The molecule has 1 aliphatic heterocycles. The van der Waals surface area contributed by atoms with Gasteiger partial charge >= 0.3 is 0 Å². The SMILES string of the molecule is CNC1CCCN(C(=O)c2oc3ccc(Cl)cc3c2C)C1.Cl. The molecule has 120 valence electrons. The lowest BCUT2D eigenvalue weighted by Gasteiger charge is -2.32. The van der Waals surface area contributed by atoms with Crippen molar-refractivity contribution in [1.82, 2.24) is 10.2 Å². The molecule has 1 amide bonds. The van der Waals surface area contributed by atoms with E-state index in [1.165, 1.54) is 0 Å². The Bertz CT molecular complexity index is 684. The van der Waals surface area contributed by atoms with Gasteiger partial charge < -0.3 is 14.6 Å². The topological polar surface area (TPSA) is 45.5 Å². The predicted molar refractivity (Wildman–Crippen MR) is 91.2 cm³/mol. The molecule has 0 radical (unpaired) electrons. The van der Waals surface area contributed by atoms with E-state index >= 15 is 0 Å². The van der Waals surface area contributed by atoms with Gasteiger partial charge in [-0.15, -0.1) is 12.4 Å². The Kier molecular flexibility index (Phi) is 5.37. The second kappa shape index (κ2) is 6.90. The first-order chi connectivity index (χ1) is 10.1. The number of carbonyl (C=O) groups is 1. The van der Waals surface area contributed by atoms with E-state index < -0.39 is 0 Å². The maximum absolute atomic E-state index is 12.7. The van der Waals surface area contributed by atoms with E-state index in [0.29, 0.717) is 22.4 Å². The second-order valence-electron chi connectivity index (χ2n) is 5.58. The molecule has 4 nitrogen and oxygen atoms in total. The summed E-state index contributed by atoms with van der Waals surface area (Å²) in [6.07, 6.45) is 2.12. The minimum atomic E-state index is -0.0280. The number of likely N-dealkylation sites (tertiary alicyclic amines) is 1. The number of hydrogen-bond donors (Lipinski definition) is 1. The number of piperidine rings is 1. The average Bonchev–Trinajstić information content (AvgIpc) is 2.83. The summed E-state index contributed by atoms with van der Waals surface area (Å²) < 4.78 is 5.77. The monoisotopic (exact) mass is 342 g/mol. The Labute approximate surface area is 141 Å². The van der Waals surface area contributed by atoms with Crippen molar-refractivity contribution in [2.75, 3.05) is 20.1 Å². The highest BCUT2D eigenvalue weighted by atomic mass is 35.5. The molecule has 6 heteroatoms. The number of hydrogen-bond acceptors (Lipinski definition) is 3. The molecule has 22 heavy (non-hydrogen) atoms. The first kappa shape index (κ1) is 17.1. The number of likely N-dealkylation sites (N-methyl/N-ethyl adjacent to an activating group) is 1. The molecule has 2 heterocycles. The van der Waals surface area contributed by atoms with Crippen molar-refractivity contribution in [3.8, 4) is 0 Å². The van der Waals surface area contributed by atoms with Gasteiger partial charge in [0.2, 0.25) is 0 Å². The molecule has 1 atom stereocenters. The number of nitrogens with one attached hydrogen (secondary N) is 1. The van der Waals surface area contributed by atoms with Crippen LogP contribution in [0.2, 0.25) is 5.02 Å². The summed E-state index contributed by atoms with van der Waals surface area (Å²) >= 11 is 6.02. The summed E-state index contributed by atoms with van der Waals surface area (Å²) in [5.74, 6) is 0.406. The van der Waals surface area contributed by atoms with Crippen LogP contribution in [0.15, 0.2) is 22.6 Å². The molecule has 1 unspecified atom stereocenters. The number of aryl methyl sites for hydroxylation is 1. The Balaban J connectivity index is 0.00000176. The first-order valence-electron chi connectivity index (χ1n) is 7.25. The van der Waals surface area contributed by atoms with Gasteiger partial charge in [0, 0.05) is 35.1 Å². The maximum Gasteiger partial charge on any atom is 0.289 e. The van der Waals surface area contributed by atoms with E-state index in [-0.39, 0.29) is 18.3 Å². The van der Waals surface area contributed by atoms with E-state index in [0.717, 1.165) is 36.9 Å². The van der Waals surface area contributed by atoms with Crippen LogP contribution in [-0.2, 0) is 0 Å². The number of nitrogens with zero attached hydrogens (tertiary/aromatic N) is 1. The van der Waals surface area contributed by atoms with Crippen molar-refractivity contribution in [3.63, 3.8) is 0 Å². The lowest BCUT2D eigenvalue weighted by atomic mass is 10.0. The summed E-state index contributed by atoms with van der Waals surface area (Å²) in [5.41, 5.74) is 1.58. The third kappa shape index (κ3) is 3.09. The highest BCUT2D eigenvalue weighted by molar-refractivity contribution is 6.31. The van der Waals surface area contributed by atoms with Gasteiger partial charge in [-0.2, -0.15) is 0 Å². The molecule has 1 aromatic carbocycles. The zero-order valence-corrected chi connectivity index (χ0v) is 14.3. The highest BCUT2D eigenvalue weighted by Crippen LogP contribution is 2.29. The summed E-state index contributed by atoms with van der Waals surface area (Å²) in [4.78, 5) is 14.6. The van der Waals surface area contributed by atoms with Crippen molar-refractivity contribution in [2.45, 2.75) is 25.8 Å². The number of amides is 1. The fourth-order valence-corrected chi connectivity index (χ4v) is 3.11. The van der Waals surface area contributed by atoms with Gasteiger partial charge in [-0.1, -0.05) is 11.6 Å². The molecule has 0 bridgehead atoms. The van der Waals surface area contributed by atoms with Gasteiger partial charge in [-0.05, 0) is 45.0 Å². The smallest absolute Gasteiger partial charge is 0.289 e. The van der Waals surface area contributed by atoms with Crippen LogP contribution >= 0.6 is 24.0 Å². The zero-order valence-electron chi connectivity index (χ0n) is 12.7. The van der Waals surface area contributed by atoms with E-state index in [9.17, 15) is 4.79 Å². The standard InChI is InChI=1S/C16H19ClN2O2.ClH/c1-10-13-8-11(17)5-6-14(13)21-15(10)16(20)19-7-3-4-12(9-19)18-2;/h5-6,8,12,18H,3-4,7,9H2,1-2H3;1H. The molecular formula is C16H20Cl2N2O2. The van der Waals surface area contributed by atoms with Crippen LogP contribution in [-0.4, -0.2) is 37.0 Å². The number of furan rings is 1. The van der Waals surface area contributed by atoms with Crippen molar-refractivity contribution in [2.24, 2.45) is 0 Å². The Hall–Kier alpha value is -1.23. The fourth-order valence-electron chi connectivity index (χ4n) is 2.94. The molecule has 1 N–H and O–H groups in total. The quantitative estimate of drug-likeness (QED) is 0.906. The third-order valence-corrected chi connectivity index (χ3v) is 4.44. The molecule has 0 aliphatic carbocycles. The largest absolute Gasteiger partial charge is 0.451 e. The van der Waals surface area contributed by atoms with Gasteiger partial charge in [0.05, 0.1) is 0 Å². The molecule has 0 saturated carbocycles. The van der Waals surface area contributed by atoms with E-state index in [1.54, 1.807) is 6.07 Å². The minimum Gasteiger partial charge on any atom is -0.451 e. The number of benzene rings is 1. The van der Waals surface area contributed by atoms with Gasteiger partial charge in [0.15, 0.2) is 5.76 Å². The van der Waals surface area contributed by atoms with E-state index in [4.69, 9.17) is 16.0 Å². The third-order valence-electron chi connectivity index (χ3n) is 4.21. The second-order valence-corrected chi connectivity index (χ2v) is 6.01. The normalized spacial score (nSPS) is 18.3. The molecule has 0 spiro atoms. The molecule has 1 fully saturated rings. The molecule has 2 aromatic rings. The molecule has 1 aliphatic rings. The average molecular weight is 343 g/mol. The van der Waals surface area contributed by atoms with Gasteiger partial charge in [0.25, 0.3) is 5.91 Å². The van der Waals surface area contributed by atoms with E-state index in [2.05, 4.69) is 5.32 Å². The van der Waals surface area contributed by atoms with Crippen LogP contribution < -0.4 is 5.32 Å². The van der Waals surface area contributed by atoms with Crippen LogP contribution in [0, 0.1) is 6.92 Å². The molecule has 1 saturated heterocycles. The van der Waals surface area contributed by atoms with Crippen LogP contribution in [0.4, 0.5) is 0 Å². The van der Waals surface area contributed by atoms with Crippen LogP contribution in [0.3, 0.4) is 0 Å². The fraction of sp³-hybridized carbons (Fsp3) is 0.438. The Morgan fingerprint density at radius 1 is 1.45 bits per heavy atom. The Morgan fingerprint density at radius 2 is 2.23 bits per heavy atom. The number of rotatable bonds is 2. The maximum atomic E-state index is 12.7. The molecule has 1 aromatic heterocycles. The van der Waals surface area contributed by atoms with Crippen molar-refractivity contribution in [3.05, 3.63) is 34.5 Å². The summed E-state index contributed by atoms with van der Waals surface area (Å²) in [7, 11) is 1.94. The zero-order chi connectivity index (χ0) is 15.0. The molecular weight excluding hydrogens is 323 g/mol. The minimum absolute atomic E-state index is 0. The summed E-state index contributed by atoms with van der Waals surface area (Å²) in [6.45, 7) is 3.43. The van der Waals surface area contributed by atoms with Gasteiger partial charge in [0.1, 0.15) is 5.58 Å². The predicted octanol–water partition coefficient (Wildman–Crippen LogP) is 3.64. The molecule has 3 rings (SSSR count). The van der Waals surface area contributed by atoms with Crippen molar-refractivity contribution < 1.29 is 9.21 Å². The van der Waals surface area contributed by atoms with Crippen molar-refractivity contribution >= 4 is 40.9 Å². The number of halogens is 2. The van der Waals surface area contributed by atoms with Gasteiger partial charge in [-0.25, -0.2) is 0 Å². The lowest BCUT2D eigenvalue weighted by molar-refractivity contribution is 0.0667. The summed E-state index contributed by atoms with van der Waals surface area (Å²) in [5, 5.41) is 4.81. The lowest BCUT2D eigenvalue weighted by Crippen LogP contribution is -2.47. The number of carbonyl (C=O) groups excluding carboxylic acids is 1. The summed E-state index contributed by atoms with van der Waals surface area (Å²) in [6, 6.07) is 5.80. The van der Waals surface area contributed by atoms with Crippen LogP contribution in [0.25, 0.3) is 11.0 Å².